The summed E-state index contributed by atoms with van der Waals surface area (Å²) < 4.78 is 2.07. The summed E-state index contributed by atoms with van der Waals surface area (Å²) in [6.45, 7) is 0.918. The predicted molar refractivity (Wildman–Crippen MR) is 84.2 cm³/mol. The monoisotopic (exact) mass is 315 g/mol. The Kier molecular flexibility index (Phi) is 3.83. The minimum absolute atomic E-state index is 0.521. The summed E-state index contributed by atoms with van der Waals surface area (Å²) in [6, 6.07) is 3.64. The predicted octanol–water partition coefficient (Wildman–Crippen LogP) is 4.07. The van der Waals surface area contributed by atoms with Gasteiger partial charge in [0, 0.05) is 6.54 Å². The van der Waals surface area contributed by atoms with Crippen LogP contribution in [-0.2, 0) is 6.54 Å². The van der Waals surface area contributed by atoms with Gasteiger partial charge in [0.2, 0.25) is 5.95 Å². The number of nitrogens with zero attached hydrogens (tertiary/aromatic N) is 2. The lowest BCUT2D eigenvalue weighted by Crippen LogP contribution is -2.17. The van der Waals surface area contributed by atoms with Gasteiger partial charge in [-0.15, -0.1) is 0 Å². The molecule has 1 aliphatic heterocycles. The number of hydrogen-bond donors (Lipinski definition) is 1. The van der Waals surface area contributed by atoms with Crippen molar-refractivity contribution in [1.82, 2.24) is 9.55 Å². The molecule has 0 spiro atoms. The van der Waals surface area contributed by atoms with Crippen LogP contribution >= 0.6 is 35.0 Å². The number of rotatable bonds is 2. The molecule has 2 N–H and O–H groups in total. The molecule has 0 atom stereocenters. The molecular weight excluding hydrogens is 301 g/mol. The Labute approximate surface area is 126 Å². The van der Waals surface area contributed by atoms with Gasteiger partial charge in [-0.3, -0.25) is 0 Å². The standard InChI is InChI=1S/C13H15Cl2N3S/c14-9-5-11-12(6-10(9)15)18(13(16)17-11)7-8-1-3-19-4-2-8/h5-6,8H,1-4,7H2,(H2,16,17). The number of fused-ring (bicyclic) bond motifs is 1. The van der Waals surface area contributed by atoms with E-state index in [0.29, 0.717) is 21.9 Å². The maximum Gasteiger partial charge on any atom is 0.201 e. The molecular formula is C13H15Cl2N3S. The third-order valence-corrected chi connectivity index (χ3v) is 5.37. The van der Waals surface area contributed by atoms with E-state index in [9.17, 15) is 0 Å². The second-order valence-corrected chi connectivity index (χ2v) is 6.93. The van der Waals surface area contributed by atoms with Crippen molar-refractivity contribution in [3.63, 3.8) is 0 Å². The van der Waals surface area contributed by atoms with Crippen LogP contribution in [0.15, 0.2) is 12.1 Å². The second-order valence-electron chi connectivity index (χ2n) is 4.89. The zero-order chi connectivity index (χ0) is 13.4. The molecule has 19 heavy (non-hydrogen) atoms. The highest BCUT2D eigenvalue weighted by Gasteiger charge is 2.18. The summed E-state index contributed by atoms with van der Waals surface area (Å²) in [5.74, 6) is 3.70. The van der Waals surface area contributed by atoms with Gasteiger partial charge in [-0.1, -0.05) is 23.2 Å². The van der Waals surface area contributed by atoms with Gasteiger partial charge in [0.05, 0.1) is 21.1 Å². The molecule has 0 bridgehead atoms. The van der Waals surface area contributed by atoms with E-state index in [-0.39, 0.29) is 0 Å². The zero-order valence-electron chi connectivity index (χ0n) is 10.4. The molecule has 102 valence electrons. The van der Waals surface area contributed by atoms with Crippen molar-refractivity contribution in [2.24, 2.45) is 5.92 Å². The molecule has 1 aromatic heterocycles. The molecule has 3 nitrogen and oxygen atoms in total. The van der Waals surface area contributed by atoms with Crippen molar-refractivity contribution >= 4 is 51.9 Å². The van der Waals surface area contributed by atoms with E-state index in [1.54, 1.807) is 6.07 Å². The summed E-state index contributed by atoms with van der Waals surface area (Å²) >= 11 is 14.1. The van der Waals surface area contributed by atoms with Crippen LogP contribution in [0.3, 0.4) is 0 Å². The van der Waals surface area contributed by atoms with Gasteiger partial charge in [-0.25, -0.2) is 4.98 Å². The molecule has 0 saturated carbocycles. The first-order valence-electron chi connectivity index (χ1n) is 6.33. The minimum atomic E-state index is 0.521. The third kappa shape index (κ3) is 2.67. The van der Waals surface area contributed by atoms with Crippen molar-refractivity contribution in [2.75, 3.05) is 17.2 Å². The Hall–Kier alpha value is -0.580. The molecule has 0 radical (unpaired) electrons. The van der Waals surface area contributed by atoms with Gasteiger partial charge >= 0.3 is 0 Å². The lowest BCUT2D eigenvalue weighted by molar-refractivity contribution is 0.425. The Morgan fingerprint density at radius 2 is 1.95 bits per heavy atom. The summed E-state index contributed by atoms with van der Waals surface area (Å²) in [5.41, 5.74) is 7.82. The summed E-state index contributed by atoms with van der Waals surface area (Å²) in [4.78, 5) is 4.37. The second kappa shape index (κ2) is 5.43. The van der Waals surface area contributed by atoms with Crippen molar-refractivity contribution in [3.8, 4) is 0 Å². The Morgan fingerprint density at radius 1 is 1.26 bits per heavy atom. The van der Waals surface area contributed by atoms with Crippen LogP contribution in [0, 0.1) is 5.92 Å². The number of imidazole rings is 1. The molecule has 0 amide bonds. The van der Waals surface area contributed by atoms with E-state index >= 15 is 0 Å². The van der Waals surface area contributed by atoms with Crippen molar-refractivity contribution in [1.29, 1.82) is 0 Å². The molecule has 0 aliphatic carbocycles. The van der Waals surface area contributed by atoms with Crippen molar-refractivity contribution in [3.05, 3.63) is 22.2 Å². The fourth-order valence-corrected chi connectivity index (χ4v) is 4.04. The van der Waals surface area contributed by atoms with Gasteiger partial charge in [0.15, 0.2) is 0 Å². The van der Waals surface area contributed by atoms with Gasteiger partial charge in [0.1, 0.15) is 0 Å². The number of halogens is 2. The van der Waals surface area contributed by atoms with E-state index in [1.165, 1.54) is 24.3 Å². The molecule has 0 unspecified atom stereocenters. The van der Waals surface area contributed by atoms with E-state index in [2.05, 4.69) is 9.55 Å². The highest BCUT2D eigenvalue weighted by atomic mass is 35.5. The van der Waals surface area contributed by atoms with E-state index in [0.717, 1.165) is 17.6 Å². The number of benzene rings is 1. The van der Waals surface area contributed by atoms with Crippen LogP contribution in [0.2, 0.25) is 10.0 Å². The summed E-state index contributed by atoms with van der Waals surface area (Å²) in [7, 11) is 0. The van der Waals surface area contributed by atoms with Crippen LogP contribution in [0.25, 0.3) is 11.0 Å². The molecule has 6 heteroatoms. The number of aromatic nitrogens is 2. The molecule has 3 rings (SSSR count). The largest absolute Gasteiger partial charge is 0.369 e. The number of nitrogens with two attached hydrogens (primary N) is 1. The minimum Gasteiger partial charge on any atom is -0.369 e. The first kappa shape index (κ1) is 13.4. The van der Waals surface area contributed by atoms with Crippen LogP contribution in [0.5, 0.6) is 0 Å². The number of hydrogen-bond acceptors (Lipinski definition) is 3. The van der Waals surface area contributed by atoms with Gasteiger partial charge in [-0.2, -0.15) is 11.8 Å². The highest BCUT2D eigenvalue weighted by Crippen LogP contribution is 2.31. The average Bonchev–Trinajstić information content (AvgIpc) is 2.68. The smallest absolute Gasteiger partial charge is 0.201 e. The first-order chi connectivity index (χ1) is 9.15. The first-order valence-corrected chi connectivity index (χ1v) is 8.24. The summed E-state index contributed by atoms with van der Waals surface area (Å²) in [6.07, 6.45) is 2.48. The normalized spacial score (nSPS) is 17.2. The maximum absolute atomic E-state index is 6.09. The fourth-order valence-electron chi connectivity index (χ4n) is 2.52. The molecule has 1 fully saturated rings. The number of nitrogen functional groups attached to an aromatic ring is 1. The lowest BCUT2D eigenvalue weighted by Gasteiger charge is -2.22. The van der Waals surface area contributed by atoms with E-state index in [1.807, 2.05) is 17.8 Å². The van der Waals surface area contributed by atoms with Gasteiger partial charge in [-0.05, 0) is 42.4 Å². The highest BCUT2D eigenvalue weighted by molar-refractivity contribution is 7.99. The van der Waals surface area contributed by atoms with Crippen LogP contribution in [0.4, 0.5) is 5.95 Å². The topological polar surface area (TPSA) is 43.8 Å². The Morgan fingerprint density at radius 3 is 2.68 bits per heavy atom. The average molecular weight is 316 g/mol. The van der Waals surface area contributed by atoms with Crippen molar-refractivity contribution in [2.45, 2.75) is 19.4 Å². The lowest BCUT2D eigenvalue weighted by atomic mass is 10.0. The van der Waals surface area contributed by atoms with Crippen LogP contribution < -0.4 is 5.73 Å². The maximum atomic E-state index is 6.09. The number of anilines is 1. The molecule has 2 heterocycles. The van der Waals surface area contributed by atoms with E-state index < -0.39 is 0 Å². The molecule has 2 aromatic rings. The molecule has 1 aliphatic rings. The Bertz CT molecular complexity index is 605. The van der Waals surface area contributed by atoms with Gasteiger partial charge in [0.25, 0.3) is 0 Å². The summed E-state index contributed by atoms with van der Waals surface area (Å²) in [5, 5.41) is 1.07. The molecule has 1 saturated heterocycles. The quantitative estimate of drug-likeness (QED) is 0.908. The number of thioether (sulfide) groups is 1. The van der Waals surface area contributed by atoms with Crippen molar-refractivity contribution < 1.29 is 0 Å². The SMILES string of the molecule is Nc1nc2cc(Cl)c(Cl)cc2n1CC1CCSCC1. The van der Waals surface area contributed by atoms with E-state index in [4.69, 9.17) is 28.9 Å². The third-order valence-electron chi connectivity index (χ3n) is 3.60. The van der Waals surface area contributed by atoms with Gasteiger partial charge < -0.3 is 10.3 Å². The van der Waals surface area contributed by atoms with Crippen LogP contribution in [-0.4, -0.2) is 21.1 Å². The van der Waals surface area contributed by atoms with Crippen LogP contribution in [0.1, 0.15) is 12.8 Å². The fraction of sp³-hybridized carbons (Fsp3) is 0.462. The Balaban J connectivity index is 1.97. The molecule has 1 aromatic carbocycles. The zero-order valence-corrected chi connectivity index (χ0v) is 12.7.